The normalized spacial score (nSPS) is 12.8. The van der Waals surface area contributed by atoms with E-state index in [0.717, 1.165) is 22.4 Å². The molecule has 0 aliphatic carbocycles. The first-order valence-electron chi connectivity index (χ1n) is 6.79. The maximum atomic E-state index is 11.9. The van der Waals surface area contributed by atoms with Crippen LogP contribution in [-0.2, 0) is 11.2 Å². The number of fused-ring (bicyclic) bond motifs is 1. The van der Waals surface area contributed by atoms with Crippen LogP contribution in [0.3, 0.4) is 0 Å². The third-order valence-corrected chi connectivity index (χ3v) is 3.61. The zero-order valence-corrected chi connectivity index (χ0v) is 12.0. The third-order valence-electron chi connectivity index (χ3n) is 3.61. The second-order valence-corrected chi connectivity index (χ2v) is 5.37. The molecule has 1 aliphatic heterocycles. The van der Waals surface area contributed by atoms with Crippen molar-refractivity contribution in [3.63, 3.8) is 0 Å². The molecular formula is C17H16N2O2. The maximum absolute atomic E-state index is 11.9. The zero-order valence-electron chi connectivity index (χ0n) is 12.0. The molecule has 3 rings (SSSR count). The standard InChI is InChI=1S/C17H16N2O2/c1-19(2)17(21)12-5-3-11(4-6-12)13-7-8-14-10-16(20)18-15(14)9-13/h3-9H,10H2,1-2H3,(H,18,20). The van der Waals surface area contributed by atoms with E-state index in [-0.39, 0.29) is 11.8 Å². The van der Waals surface area contributed by atoms with Gasteiger partial charge in [-0.25, -0.2) is 0 Å². The second kappa shape index (κ2) is 5.05. The van der Waals surface area contributed by atoms with Crippen LogP contribution < -0.4 is 5.32 Å². The van der Waals surface area contributed by atoms with Gasteiger partial charge in [0.2, 0.25) is 5.91 Å². The molecule has 4 nitrogen and oxygen atoms in total. The van der Waals surface area contributed by atoms with E-state index >= 15 is 0 Å². The van der Waals surface area contributed by atoms with Crippen LogP contribution in [0.5, 0.6) is 0 Å². The van der Waals surface area contributed by atoms with Gasteiger partial charge in [-0.05, 0) is 34.9 Å². The summed E-state index contributed by atoms with van der Waals surface area (Å²) in [5.74, 6) is 0.0249. The molecule has 106 valence electrons. The summed E-state index contributed by atoms with van der Waals surface area (Å²) in [5, 5.41) is 2.85. The van der Waals surface area contributed by atoms with Crippen molar-refractivity contribution in [3.8, 4) is 11.1 Å². The van der Waals surface area contributed by atoms with Crippen LogP contribution in [0, 0.1) is 0 Å². The minimum atomic E-state index is -0.0113. The van der Waals surface area contributed by atoms with Crippen molar-refractivity contribution in [2.45, 2.75) is 6.42 Å². The number of hydrogen-bond donors (Lipinski definition) is 1. The van der Waals surface area contributed by atoms with Crippen LogP contribution in [0.2, 0.25) is 0 Å². The van der Waals surface area contributed by atoms with Gasteiger partial charge >= 0.3 is 0 Å². The van der Waals surface area contributed by atoms with E-state index in [1.807, 2.05) is 42.5 Å². The number of nitrogens with one attached hydrogen (secondary N) is 1. The van der Waals surface area contributed by atoms with Gasteiger partial charge in [0.05, 0.1) is 6.42 Å². The molecule has 0 radical (unpaired) electrons. The van der Waals surface area contributed by atoms with E-state index in [1.54, 1.807) is 19.0 Å². The largest absolute Gasteiger partial charge is 0.345 e. The maximum Gasteiger partial charge on any atom is 0.253 e. The summed E-state index contributed by atoms with van der Waals surface area (Å²) in [6.45, 7) is 0. The molecule has 2 aromatic carbocycles. The predicted molar refractivity (Wildman–Crippen MR) is 82.2 cm³/mol. The average Bonchev–Trinajstić information content (AvgIpc) is 2.85. The highest BCUT2D eigenvalue weighted by molar-refractivity contribution is 6.00. The third kappa shape index (κ3) is 2.52. The number of carbonyl (C=O) groups is 2. The summed E-state index contributed by atoms with van der Waals surface area (Å²) >= 11 is 0. The molecule has 0 aromatic heterocycles. The molecule has 2 aromatic rings. The lowest BCUT2D eigenvalue weighted by atomic mass is 10.0. The summed E-state index contributed by atoms with van der Waals surface area (Å²) in [6, 6.07) is 13.4. The predicted octanol–water partition coefficient (Wildman–Crippen LogP) is 2.55. The average molecular weight is 280 g/mol. The number of benzene rings is 2. The summed E-state index contributed by atoms with van der Waals surface area (Å²) in [4.78, 5) is 24.8. The van der Waals surface area contributed by atoms with Crippen molar-refractivity contribution in [2.75, 3.05) is 19.4 Å². The van der Waals surface area contributed by atoms with Gasteiger partial charge in [0.25, 0.3) is 5.91 Å². The number of amides is 2. The van der Waals surface area contributed by atoms with Crippen molar-refractivity contribution >= 4 is 17.5 Å². The molecule has 0 fully saturated rings. The van der Waals surface area contributed by atoms with E-state index in [4.69, 9.17) is 0 Å². The van der Waals surface area contributed by atoms with Gasteiger partial charge in [0.1, 0.15) is 0 Å². The Labute approximate surface area is 123 Å². The Morgan fingerprint density at radius 2 is 1.71 bits per heavy atom. The smallest absolute Gasteiger partial charge is 0.253 e. The summed E-state index contributed by atoms with van der Waals surface area (Å²) in [5.41, 5.74) is 4.63. The van der Waals surface area contributed by atoms with E-state index in [9.17, 15) is 9.59 Å². The van der Waals surface area contributed by atoms with Gasteiger partial charge in [-0.3, -0.25) is 9.59 Å². The first kappa shape index (κ1) is 13.4. The van der Waals surface area contributed by atoms with Crippen LogP contribution in [0.1, 0.15) is 15.9 Å². The van der Waals surface area contributed by atoms with Gasteiger partial charge in [-0.15, -0.1) is 0 Å². The van der Waals surface area contributed by atoms with Gasteiger partial charge < -0.3 is 10.2 Å². The van der Waals surface area contributed by atoms with E-state index in [1.165, 1.54) is 0 Å². The second-order valence-electron chi connectivity index (χ2n) is 5.37. The van der Waals surface area contributed by atoms with E-state index < -0.39 is 0 Å². The molecule has 1 N–H and O–H groups in total. The fourth-order valence-electron chi connectivity index (χ4n) is 2.46. The van der Waals surface area contributed by atoms with Crippen LogP contribution in [-0.4, -0.2) is 30.8 Å². The SMILES string of the molecule is CN(C)C(=O)c1ccc(-c2ccc3c(c2)NC(=O)C3)cc1. The van der Waals surface area contributed by atoms with Crippen molar-refractivity contribution in [3.05, 3.63) is 53.6 Å². The highest BCUT2D eigenvalue weighted by atomic mass is 16.2. The van der Waals surface area contributed by atoms with Crippen LogP contribution in [0.25, 0.3) is 11.1 Å². The first-order chi connectivity index (χ1) is 10.0. The minimum Gasteiger partial charge on any atom is -0.345 e. The van der Waals surface area contributed by atoms with E-state index in [2.05, 4.69) is 5.32 Å². The number of anilines is 1. The molecule has 2 amide bonds. The Kier molecular flexibility index (Phi) is 3.22. The summed E-state index contributed by atoms with van der Waals surface area (Å²) < 4.78 is 0. The summed E-state index contributed by atoms with van der Waals surface area (Å²) in [6.07, 6.45) is 0.450. The molecule has 0 bridgehead atoms. The number of carbonyl (C=O) groups excluding carboxylic acids is 2. The van der Waals surface area contributed by atoms with E-state index in [0.29, 0.717) is 12.0 Å². The molecule has 4 heteroatoms. The quantitative estimate of drug-likeness (QED) is 0.919. The van der Waals surface area contributed by atoms with Crippen LogP contribution in [0.4, 0.5) is 5.69 Å². The van der Waals surface area contributed by atoms with Gasteiger partial charge in [0, 0.05) is 25.3 Å². The van der Waals surface area contributed by atoms with Crippen molar-refractivity contribution < 1.29 is 9.59 Å². The molecule has 0 saturated heterocycles. The fraction of sp³-hybridized carbons (Fsp3) is 0.176. The Bertz CT molecular complexity index is 718. The lowest BCUT2D eigenvalue weighted by Crippen LogP contribution is -2.21. The molecule has 21 heavy (non-hydrogen) atoms. The van der Waals surface area contributed by atoms with Crippen molar-refractivity contribution in [1.82, 2.24) is 4.90 Å². The molecule has 0 saturated carbocycles. The molecule has 0 spiro atoms. The van der Waals surface area contributed by atoms with Gasteiger partial charge in [-0.2, -0.15) is 0 Å². The zero-order chi connectivity index (χ0) is 15.0. The fourth-order valence-corrected chi connectivity index (χ4v) is 2.46. The van der Waals surface area contributed by atoms with Gasteiger partial charge in [-0.1, -0.05) is 24.3 Å². The molecule has 0 unspecified atom stereocenters. The molecule has 0 atom stereocenters. The summed E-state index contributed by atoms with van der Waals surface area (Å²) in [7, 11) is 3.47. The highest BCUT2D eigenvalue weighted by Crippen LogP contribution is 2.29. The van der Waals surface area contributed by atoms with Crippen LogP contribution in [0.15, 0.2) is 42.5 Å². The minimum absolute atomic E-state index is 0.0113. The number of nitrogens with zero attached hydrogens (tertiary/aromatic N) is 1. The molecule has 1 aliphatic rings. The Morgan fingerprint density at radius 3 is 2.38 bits per heavy atom. The molecule has 1 heterocycles. The molecular weight excluding hydrogens is 264 g/mol. The Hall–Kier alpha value is -2.62. The monoisotopic (exact) mass is 280 g/mol. The Balaban J connectivity index is 1.90. The van der Waals surface area contributed by atoms with Crippen molar-refractivity contribution in [2.24, 2.45) is 0 Å². The lowest BCUT2D eigenvalue weighted by molar-refractivity contribution is -0.115. The Morgan fingerprint density at radius 1 is 1.05 bits per heavy atom. The van der Waals surface area contributed by atoms with Crippen LogP contribution >= 0.6 is 0 Å². The topological polar surface area (TPSA) is 49.4 Å². The number of rotatable bonds is 2. The highest BCUT2D eigenvalue weighted by Gasteiger charge is 2.17. The van der Waals surface area contributed by atoms with Crippen molar-refractivity contribution in [1.29, 1.82) is 0 Å². The lowest BCUT2D eigenvalue weighted by Gasteiger charge is -2.11. The first-order valence-corrected chi connectivity index (χ1v) is 6.79. The number of hydrogen-bond acceptors (Lipinski definition) is 2. The van der Waals surface area contributed by atoms with Gasteiger partial charge in [0.15, 0.2) is 0 Å².